The molecule has 0 spiro atoms. The topological polar surface area (TPSA) is 86.9 Å². The van der Waals surface area contributed by atoms with E-state index in [0.717, 1.165) is 35.7 Å². The number of nitrogens with zero attached hydrogens (tertiary/aromatic N) is 3. The molecule has 1 fully saturated rings. The van der Waals surface area contributed by atoms with Gasteiger partial charge in [-0.25, -0.2) is 4.98 Å². The van der Waals surface area contributed by atoms with Crippen molar-refractivity contribution in [2.45, 2.75) is 38.7 Å². The highest BCUT2D eigenvalue weighted by molar-refractivity contribution is 5.95. The largest absolute Gasteiger partial charge is 0.376 e. The van der Waals surface area contributed by atoms with Crippen LogP contribution >= 0.6 is 0 Å². The van der Waals surface area contributed by atoms with Crippen molar-refractivity contribution >= 4 is 5.91 Å². The molecule has 0 unspecified atom stereocenters. The molecule has 0 aromatic carbocycles. The summed E-state index contributed by atoms with van der Waals surface area (Å²) in [5.41, 5.74) is 1.70. The third-order valence-electron chi connectivity index (χ3n) is 4.37. The van der Waals surface area contributed by atoms with Crippen molar-refractivity contribution in [1.82, 2.24) is 25.1 Å². The van der Waals surface area contributed by atoms with Crippen molar-refractivity contribution < 1.29 is 9.53 Å². The number of H-pyrrole nitrogens is 2. The summed E-state index contributed by atoms with van der Waals surface area (Å²) < 4.78 is 5.83. The lowest BCUT2D eigenvalue weighted by Crippen LogP contribution is -2.36. The number of likely N-dealkylation sites (N-methyl/N-ethyl adjacent to an activating group) is 1. The lowest BCUT2D eigenvalue weighted by molar-refractivity contribution is 0.0549. The predicted molar refractivity (Wildman–Crippen MR) is 85.3 cm³/mol. The molecule has 1 aliphatic heterocycles. The first kappa shape index (κ1) is 15.7. The van der Waals surface area contributed by atoms with Gasteiger partial charge in [-0.3, -0.25) is 9.89 Å². The fourth-order valence-electron chi connectivity index (χ4n) is 3.10. The van der Waals surface area contributed by atoms with E-state index >= 15 is 0 Å². The number of ether oxygens (including phenoxy) is 1. The number of rotatable bonds is 5. The van der Waals surface area contributed by atoms with Crippen LogP contribution in [0.4, 0.5) is 0 Å². The Hall–Kier alpha value is -2.15. The van der Waals surface area contributed by atoms with Gasteiger partial charge < -0.3 is 14.6 Å². The van der Waals surface area contributed by atoms with Crippen LogP contribution in [-0.4, -0.2) is 57.3 Å². The molecule has 2 atom stereocenters. The maximum atomic E-state index is 12.6. The van der Waals surface area contributed by atoms with Gasteiger partial charge in [0.15, 0.2) is 5.82 Å². The highest BCUT2D eigenvalue weighted by Crippen LogP contribution is 2.29. The lowest BCUT2D eigenvalue weighted by atomic mass is 10.00. The zero-order chi connectivity index (χ0) is 16.4. The third-order valence-corrected chi connectivity index (χ3v) is 4.37. The number of carbonyl (C=O) groups is 1. The average Bonchev–Trinajstić information content (AvgIpc) is 3.25. The standard InChI is InChI=1S/C16H23N5O2/c1-4-13-11(5-7-17-13)16(22)21(3)9-14-12(6-8-23-14)15-18-10(2)19-20-15/h5,7,12,14,17H,4,6,8-9H2,1-3H3,(H,18,19,20)/t12-,14-/m1/s1. The summed E-state index contributed by atoms with van der Waals surface area (Å²) in [7, 11) is 1.82. The maximum Gasteiger partial charge on any atom is 0.255 e. The number of hydrogen-bond donors (Lipinski definition) is 2. The van der Waals surface area contributed by atoms with Crippen molar-refractivity contribution in [2.75, 3.05) is 20.2 Å². The van der Waals surface area contributed by atoms with Crippen LogP contribution in [0.25, 0.3) is 0 Å². The quantitative estimate of drug-likeness (QED) is 0.878. The van der Waals surface area contributed by atoms with Crippen molar-refractivity contribution in [3.63, 3.8) is 0 Å². The summed E-state index contributed by atoms with van der Waals surface area (Å²) in [4.78, 5) is 21.9. The van der Waals surface area contributed by atoms with Gasteiger partial charge >= 0.3 is 0 Å². The minimum absolute atomic E-state index is 0.0171. The van der Waals surface area contributed by atoms with Gasteiger partial charge in [0, 0.05) is 32.1 Å². The first-order chi connectivity index (χ1) is 11.1. The molecule has 7 nitrogen and oxygen atoms in total. The third kappa shape index (κ3) is 3.14. The highest BCUT2D eigenvalue weighted by atomic mass is 16.5. The summed E-state index contributed by atoms with van der Waals surface area (Å²) in [6, 6.07) is 1.84. The molecule has 1 saturated heterocycles. The Balaban J connectivity index is 1.69. The molecule has 3 rings (SSSR count). The molecular weight excluding hydrogens is 294 g/mol. The lowest BCUT2D eigenvalue weighted by Gasteiger charge is -2.24. The number of aryl methyl sites for hydroxylation is 2. The van der Waals surface area contributed by atoms with Crippen LogP contribution in [0.5, 0.6) is 0 Å². The summed E-state index contributed by atoms with van der Waals surface area (Å²) >= 11 is 0. The van der Waals surface area contributed by atoms with E-state index in [0.29, 0.717) is 13.2 Å². The van der Waals surface area contributed by atoms with Gasteiger partial charge in [0.05, 0.1) is 17.6 Å². The molecule has 0 bridgehead atoms. The van der Waals surface area contributed by atoms with Gasteiger partial charge in [0.25, 0.3) is 5.91 Å². The smallest absolute Gasteiger partial charge is 0.255 e. The van der Waals surface area contributed by atoms with E-state index in [1.165, 1.54) is 0 Å². The number of hydrogen-bond acceptors (Lipinski definition) is 4. The molecule has 2 aromatic heterocycles. The first-order valence-electron chi connectivity index (χ1n) is 8.02. The minimum atomic E-state index is -0.0665. The van der Waals surface area contributed by atoms with Gasteiger partial charge in [-0.15, -0.1) is 0 Å². The van der Waals surface area contributed by atoms with Gasteiger partial charge in [-0.2, -0.15) is 5.10 Å². The SMILES string of the molecule is CCc1[nH]ccc1C(=O)N(C)C[C@H]1OCC[C@H]1c1n[nH]c(C)n1. The molecule has 7 heteroatoms. The highest BCUT2D eigenvalue weighted by Gasteiger charge is 2.34. The zero-order valence-electron chi connectivity index (χ0n) is 13.8. The first-order valence-corrected chi connectivity index (χ1v) is 8.02. The van der Waals surface area contributed by atoms with Crippen molar-refractivity contribution in [3.8, 4) is 0 Å². The normalized spacial score (nSPS) is 20.8. The molecule has 0 saturated carbocycles. The van der Waals surface area contributed by atoms with Gasteiger partial charge in [0.1, 0.15) is 5.82 Å². The van der Waals surface area contributed by atoms with Crippen LogP contribution in [0.2, 0.25) is 0 Å². The minimum Gasteiger partial charge on any atom is -0.376 e. The molecule has 3 heterocycles. The van der Waals surface area contributed by atoms with E-state index in [1.54, 1.807) is 4.90 Å². The maximum absolute atomic E-state index is 12.6. The van der Waals surface area contributed by atoms with E-state index in [9.17, 15) is 4.79 Å². The monoisotopic (exact) mass is 317 g/mol. The van der Waals surface area contributed by atoms with E-state index in [2.05, 4.69) is 20.2 Å². The summed E-state index contributed by atoms with van der Waals surface area (Å²) in [6.07, 6.45) is 3.43. The number of aromatic amines is 2. The number of carbonyl (C=O) groups excluding carboxylic acids is 1. The van der Waals surface area contributed by atoms with Crippen LogP contribution in [-0.2, 0) is 11.2 Å². The van der Waals surface area contributed by atoms with Crippen LogP contribution in [0, 0.1) is 6.92 Å². The summed E-state index contributed by atoms with van der Waals surface area (Å²) in [5, 5.41) is 7.13. The van der Waals surface area contributed by atoms with Gasteiger partial charge in [-0.1, -0.05) is 6.92 Å². The van der Waals surface area contributed by atoms with Crippen LogP contribution < -0.4 is 0 Å². The van der Waals surface area contributed by atoms with Crippen molar-refractivity contribution in [2.24, 2.45) is 0 Å². The second-order valence-electron chi connectivity index (χ2n) is 5.99. The van der Waals surface area contributed by atoms with Crippen molar-refractivity contribution in [3.05, 3.63) is 35.2 Å². The summed E-state index contributed by atoms with van der Waals surface area (Å²) in [5.74, 6) is 1.73. The number of aromatic nitrogens is 4. The van der Waals surface area contributed by atoms with Crippen molar-refractivity contribution in [1.29, 1.82) is 0 Å². The Labute approximate surface area is 135 Å². The molecule has 0 aliphatic carbocycles. The van der Waals surface area contributed by atoms with E-state index < -0.39 is 0 Å². The zero-order valence-corrected chi connectivity index (χ0v) is 13.8. The Morgan fingerprint density at radius 3 is 3.04 bits per heavy atom. The molecule has 1 amide bonds. The van der Waals surface area contributed by atoms with Gasteiger partial charge in [-0.05, 0) is 25.8 Å². The fourth-order valence-corrected chi connectivity index (χ4v) is 3.10. The van der Waals surface area contributed by atoms with E-state index in [4.69, 9.17) is 4.74 Å². The second kappa shape index (κ2) is 6.54. The molecule has 124 valence electrons. The Morgan fingerprint density at radius 1 is 1.52 bits per heavy atom. The molecule has 23 heavy (non-hydrogen) atoms. The molecule has 2 aromatic rings. The Morgan fingerprint density at radius 2 is 2.35 bits per heavy atom. The van der Waals surface area contributed by atoms with E-state index in [-0.39, 0.29) is 17.9 Å². The van der Waals surface area contributed by atoms with Gasteiger partial charge in [0.2, 0.25) is 0 Å². The molecule has 0 radical (unpaired) electrons. The Kier molecular flexibility index (Phi) is 4.47. The van der Waals surface area contributed by atoms with Crippen LogP contribution in [0.15, 0.2) is 12.3 Å². The Bertz CT molecular complexity index is 678. The molecule has 1 aliphatic rings. The van der Waals surface area contributed by atoms with Crippen LogP contribution in [0.1, 0.15) is 47.0 Å². The summed E-state index contributed by atoms with van der Waals surface area (Å²) in [6.45, 7) is 5.13. The fraction of sp³-hybridized carbons (Fsp3) is 0.562. The van der Waals surface area contributed by atoms with Crippen LogP contribution in [0.3, 0.4) is 0 Å². The average molecular weight is 317 g/mol. The molecule has 2 N–H and O–H groups in total. The van der Waals surface area contributed by atoms with E-state index in [1.807, 2.05) is 33.2 Å². The number of nitrogens with one attached hydrogen (secondary N) is 2. The number of amides is 1. The molecular formula is C16H23N5O2. The second-order valence-corrected chi connectivity index (χ2v) is 5.99. The predicted octanol–water partition coefficient (Wildman–Crippen LogP) is 1.65.